The van der Waals surface area contributed by atoms with Crippen LogP contribution in [0.2, 0.25) is 0 Å². The first-order valence-electron chi connectivity index (χ1n) is 9.72. The molecule has 5 rings (SSSR count). The Morgan fingerprint density at radius 1 is 1.00 bits per heavy atom. The second-order valence-corrected chi connectivity index (χ2v) is 7.72. The monoisotopic (exact) mass is 367 g/mol. The fourth-order valence-corrected chi connectivity index (χ4v) is 4.32. The van der Waals surface area contributed by atoms with E-state index in [4.69, 9.17) is 0 Å². The Morgan fingerprint density at radius 2 is 1.81 bits per heavy atom. The zero-order chi connectivity index (χ0) is 18.6. The van der Waals surface area contributed by atoms with E-state index < -0.39 is 0 Å². The fourth-order valence-electron chi connectivity index (χ4n) is 4.32. The van der Waals surface area contributed by atoms with Gasteiger partial charge in [-0.1, -0.05) is 42.5 Å². The largest absolute Gasteiger partial charge is 0.334 e. The number of urea groups is 1. The van der Waals surface area contributed by atoms with Crippen LogP contribution in [0.5, 0.6) is 0 Å². The van der Waals surface area contributed by atoms with Gasteiger partial charge in [0.15, 0.2) is 0 Å². The molecule has 0 aliphatic carbocycles. The number of carbonyl (C=O) groups is 1. The van der Waals surface area contributed by atoms with Crippen LogP contribution in [0.15, 0.2) is 54.6 Å². The number of benzene rings is 2. The maximum Gasteiger partial charge on any atom is 0.317 e. The summed E-state index contributed by atoms with van der Waals surface area (Å²) >= 11 is 0. The maximum absolute atomic E-state index is 13.3. The van der Waals surface area contributed by atoms with E-state index >= 15 is 0 Å². The van der Waals surface area contributed by atoms with Crippen molar-refractivity contribution >= 4 is 6.03 Å². The molecule has 3 aliphatic rings. The number of halogens is 1. The van der Waals surface area contributed by atoms with Crippen molar-refractivity contribution in [1.29, 1.82) is 0 Å². The Morgan fingerprint density at radius 3 is 2.63 bits per heavy atom. The topological polar surface area (TPSA) is 35.6 Å². The van der Waals surface area contributed by atoms with Gasteiger partial charge in [-0.2, -0.15) is 0 Å². The number of rotatable bonds is 4. The molecule has 0 radical (unpaired) electrons. The lowest BCUT2D eigenvalue weighted by molar-refractivity contribution is 0.140. The van der Waals surface area contributed by atoms with Gasteiger partial charge >= 0.3 is 6.03 Å². The Kier molecular flexibility index (Phi) is 5.39. The molecule has 0 spiro atoms. The molecule has 27 heavy (non-hydrogen) atoms. The Balaban J connectivity index is 1.37. The summed E-state index contributed by atoms with van der Waals surface area (Å²) in [6.07, 6.45) is 2.24. The summed E-state index contributed by atoms with van der Waals surface area (Å²) in [6, 6.07) is 17.1. The molecule has 2 aromatic rings. The molecular formula is C22H26FN3O. The van der Waals surface area contributed by atoms with Crippen molar-refractivity contribution in [2.75, 3.05) is 19.6 Å². The average molecular weight is 367 g/mol. The van der Waals surface area contributed by atoms with Gasteiger partial charge in [-0.25, -0.2) is 9.18 Å². The highest BCUT2D eigenvalue weighted by atomic mass is 19.1. The Labute approximate surface area is 160 Å². The quantitative estimate of drug-likeness (QED) is 0.896. The van der Waals surface area contributed by atoms with Crippen LogP contribution in [0, 0.1) is 11.7 Å². The molecule has 2 aromatic carbocycles. The predicted molar refractivity (Wildman–Crippen MR) is 104 cm³/mol. The Hall–Kier alpha value is -2.40. The standard InChI is InChI=1S/C22H26FN3O/c23-20-8-4-7-18(11-20)12-24-22(27)26-15-19-9-10-21(26)16-25(14-19)13-17-5-2-1-3-6-17/h1-8,11,19,21H,9-10,12-16H2,(H,24,27)/t19-,21+/m0/s1. The van der Waals surface area contributed by atoms with E-state index in [1.165, 1.54) is 24.1 Å². The summed E-state index contributed by atoms with van der Waals surface area (Å²) in [4.78, 5) is 17.2. The number of nitrogens with one attached hydrogen (secondary N) is 1. The highest BCUT2D eigenvalue weighted by Crippen LogP contribution is 2.28. The number of nitrogens with zero attached hydrogens (tertiary/aromatic N) is 2. The average Bonchev–Trinajstić information content (AvgIpc) is 2.97. The minimum Gasteiger partial charge on any atom is -0.334 e. The normalized spacial score (nSPS) is 22.5. The molecule has 0 unspecified atom stereocenters. The van der Waals surface area contributed by atoms with Gasteiger partial charge in [0.2, 0.25) is 0 Å². The van der Waals surface area contributed by atoms with Crippen molar-refractivity contribution in [2.24, 2.45) is 5.92 Å². The third kappa shape index (κ3) is 4.48. The first-order chi connectivity index (χ1) is 13.2. The van der Waals surface area contributed by atoms with E-state index in [1.807, 2.05) is 17.0 Å². The van der Waals surface area contributed by atoms with Gasteiger partial charge in [0.1, 0.15) is 5.82 Å². The van der Waals surface area contributed by atoms with Crippen LogP contribution in [-0.2, 0) is 13.1 Å². The minimum atomic E-state index is -0.271. The molecule has 0 saturated carbocycles. The lowest BCUT2D eigenvalue weighted by Crippen LogP contribution is -2.51. The Bertz CT molecular complexity index is 782. The van der Waals surface area contributed by atoms with E-state index in [0.29, 0.717) is 12.5 Å². The first kappa shape index (κ1) is 18.0. The van der Waals surface area contributed by atoms with Crippen molar-refractivity contribution < 1.29 is 9.18 Å². The first-order valence-corrected chi connectivity index (χ1v) is 9.72. The van der Waals surface area contributed by atoms with Crippen LogP contribution in [0.25, 0.3) is 0 Å². The second kappa shape index (κ2) is 8.09. The summed E-state index contributed by atoms with van der Waals surface area (Å²) in [6.45, 7) is 4.06. The predicted octanol–water partition coefficient (Wildman–Crippen LogP) is 3.63. The fraction of sp³-hybridized carbons (Fsp3) is 0.409. The minimum absolute atomic E-state index is 0.0319. The van der Waals surface area contributed by atoms with Crippen molar-refractivity contribution in [2.45, 2.75) is 32.0 Å². The molecule has 142 valence electrons. The summed E-state index contributed by atoms with van der Waals surface area (Å²) in [5.41, 5.74) is 2.11. The molecule has 3 heterocycles. The van der Waals surface area contributed by atoms with E-state index in [1.54, 1.807) is 6.07 Å². The lowest BCUT2D eigenvalue weighted by atomic mass is 9.95. The maximum atomic E-state index is 13.3. The van der Waals surface area contributed by atoms with Gasteiger partial charge in [-0.15, -0.1) is 0 Å². The second-order valence-electron chi connectivity index (χ2n) is 7.72. The van der Waals surface area contributed by atoms with Crippen molar-refractivity contribution in [3.63, 3.8) is 0 Å². The lowest BCUT2D eigenvalue weighted by Gasteiger charge is -2.36. The van der Waals surface area contributed by atoms with Crippen molar-refractivity contribution in [3.05, 3.63) is 71.5 Å². The van der Waals surface area contributed by atoms with E-state index in [-0.39, 0.29) is 17.9 Å². The molecule has 2 amide bonds. The SMILES string of the molecule is O=C(NCc1cccc(F)c1)N1C[C@H]2CC[C@@H]1CN(Cc1ccccc1)C2. The number of hydrogen-bond acceptors (Lipinski definition) is 2. The molecule has 4 nitrogen and oxygen atoms in total. The van der Waals surface area contributed by atoms with Crippen LogP contribution in [0.3, 0.4) is 0 Å². The van der Waals surface area contributed by atoms with Crippen LogP contribution in [-0.4, -0.2) is 41.5 Å². The van der Waals surface area contributed by atoms with Crippen molar-refractivity contribution in [3.8, 4) is 0 Å². The van der Waals surface area contributed by atoms with Gasteiger partial charge in [0, 0.05) is 38.8 Å². The number of hydrogen-bond donors (Lipinski definition) is 1. The van der Waals surface area contributed by atoms with Crippen LogP contribution < -0.4 is 5.32 Å². The summed E-state index contributed by atoms with van der Waals surface area (Å²) in [5, 5.41) is 2.97. The highest BCUT2D eigenvalue weighted by molar-refractivity contribution is 5.74. The van der Waals surface area contributed by atoms with Gasteiger partial charge in [0.25, 0.3) is 0 Å². The third-order valence-electron chi connectivity index (χ3n) is 5.63. The highest BCUT2D eigenvalue weighted by Gasteiger charge is 2.37. The van der Waals surface area contributed by atoms with E-state index in [0.717, 1.165) is 38.2 Å². The van der Waals surface area contributed by atoms with E-state index in [2.05, 4.69) is 34.5 Å². The van der Waals surface area contributed by atoms with Crippen LogP contribution in [0.4, 0.5) is 9.18 Å². The summed E-state index contributed by atoms with van der Waals surface area (Å²) in [5.74, 6) is 0.250. The molecule has 1 N–H and O–H groups in total. The zero-order valence-corrected chi connectivity index (χ0v) is 15.5. The number of fused-ring (bicyclic) bond motifs is 4. The van der Waals surface area contributed by atoms with Crippen molar-refractivity contribution in [1.82, 2.24) is 15.1 Å². The van der Waals surface area contributed by atoms with Crippen LogP contribution in [0.1, 0.15) is 24.0 Å². The van der Waals surface area contributed by atoms with Gasteiger partial charge < -0.3 is 10.2 Å². The molecule has 0 aromatic heterocycles. The molecule has 3 saturated heterocycles. The molecule has 5 heteroatoms. The van der Waals surface area contributed by atoms with E-state index in [9.17, 15) is 9.18 Å². The molecule has 2 atom stereocenters. The summed E-state index contributed by atoms with van der Waals surface area (Å²) < 4.78 is 13.3. The number of carbonyl (C=O) groups excluding carboxylic acids is 1. The summed E-state index contributed by atoms with van der Waals surface area (Å²) in [7, 11) is 0. The molecule has 3 fully saturated rings. The number of piperidine rings is 1. The van der Waals surface area contributed by atoms with Gasteiger partial charge in [-0.05, 0) is 42.0 Å². The third-order valence-corrected chi connectivity index (χ3v) is 5.63. The van der Waals surface area contributed by atoms with Crippen LogP contribution >= 0.6 is 0 Å². The number of amides is 2. The molecule has 3 aliphatic heterocycles. The molecular weight excluding hydrogens is 341 g/mol. The van der Waals surface area contributed by atoms with Gasteiger partial charge in [-0.3, -0.25) is 4.90 Å². The molecule has 2 bridgehead atoms. The van der Waals surface area contributed by atoms with Gasteiger partial charge in [0.05, 0.1) is 0 Å². The zero-order valence-electron chi connectivity index (χ0n) is 15.5. The smallest absolute Gasteiger partial charge is 0.317 e.